The second kappa shape index (κ2) is 4.53. The highest BCUT2D eigenvalue weighted by Crippen LogP contribution is 2.31. The number of aliphatic hydroxyl groups excluding tert-OH is 1. The first-order valence-electron chi connectivity index (χ1n) is 4.76. The van der Waals surface area contributed by atoms with Crippen molar-refractivity contribution in [1.82, 2.24) is 0 Å². The zero-order chi connectivity index (χ0) is 11.7. The van der Waals surface area contributed by atoms with Crippen LogP contribution in [0.4, 0.5) is 4.39 Å². The van der Waals surface area contributed by atoms with Gasteiger partial charge in [0.15, 0.2) is 0 Å². The lowest BCUT2D eigenvalue weighted by Crippen LogP contribution is -2.01. The van der Waals surface area contributed by atoms with Crippen LogP contribution in [0.25, 0.3) is 0 Å². The van der Waals surface area contributed by atoms with E-state index in [1.54, 1.807) is 6.07 Å². The van der Waals surface area contributed by atoms with E-state index < -0.39 is 11.9 Å². The molecule has 0 spiro atoms. The minimum Gasteiger partial charge on any atom is -0.383 e. The summed E-state index contributed by atoms with van der Waals surface area (Å²) in [4.78, 5) is 0.765. The van der Waals surface area contributed by atoms with Gasteiger partial charge in [0, 0.05) is 15.5 Å². The number of aryl methyl sites for hydroxylation is 1. The predicted molar refractivity (Wildman–Crippen MR) is 64.5 cm³/mol. The lowest BCUT2D eigenvalue weighted by atomic mass is 10.1. The average molecular weight is 257 g/mol. The first-order valence-corrected chi connectivity index (χ1v) is 6.02. The Kier molecular flexibility index (Phi) is 3.28. The Balaban J connectivity index is 2.41. The molecule has 0 radical (unpaired) electrons. The molecule has 1 aromatic heterocycles. The smallest absolute Gasteiger partial charge is 0.130 e. The maximum Gasteiger partial charge on any atom is 0.130 e. The van der Waals surface area contributed by atoms with E-state index in [9.17, 15) is 9.50 Å². The molecule has 0 aliphatic rings. The highest BCUT2D eigenvalue weighted by molar-refractivity contribution is 7.10. The summed E-state index contributed by atoms with van der Waals surface area (Å²) in [5.41, 5.74) is 1.22. The van der Waals surface area contributed by atoms with E-state index in [1.165, 1.54) is 23.5 Å². The molecule has 0 aliphatic carbocycles. The Morgan fingerprint density at radius 1 is 1.38 bits per heavy atom. The molecule has 0 bridgehead atoms. The first-order chi connectivity index (χ1) is 7.59. The summed E-state index contributed by atoms with van der Waals surface area (Å²) in [5.74, 6) is -0.479. The molecule has 2 aromatic rings. The van der Waals surface area contributed by atoms with Gasteiger partial charge in [-0.25, -0.2) is 4.39 Å². The minimum atomic E-state index is -0.919. The van der Waals surface area contributed by atoms with Crippen molar-refractivity contribution >= 4 is 22.9 Å². The van der Waals surface area contributed by atoms with Gasteiger partial charge in [-0.2, -0.15) is 0 Å². The number of hydrogen-bond acceptors (Lipinski definition) is 2. The minimum absolute atomic E-state index is 0.259. The number of aliphatic hydroxyl groups is 1. The highest BCUT2D eigenvalue weighted by Gasteiger charge is 2.17. The fourth-order valence-electron chi connectivity index (χ4n) is 1.53. The van der Waals surface area contributed by atoms with Crippen molar-refractivity contribution in [3.05, 3.63) is 56.5 Å². The molecular formula is C12H10ClFOS. The molecule has 84 valence electrons. The van der Waals surface area contributed by atoms with Gasteiger partial charge in [-0.3, -0.25) is 0 Å². The Morgan fingerprint density at radius 2 is 2.12 bits per heavy atom. The van der Waals surface area contributed by atoms with E-state index in [0.29, 0.717) is 5.02 Å². The van der Waals surface area contributed by atoms with Gasteiger partial charge in [-0.1, -0.05) is 17.7 Å². The highest BCUT2D eigenvalue weighted by atomic mass is 35.5. The fraction of sp³-hybridized carbons (Fsp3) is 0.167. The van der Waals surface area contributed by atoms with E-state index in [2.05, 4.69) is 0 Å². The van der Waals surface area contributed by atoms with Gasteiger partial charge in [0.1, 0.15) is 11.9 Å². The largest absolute Gasteiger partial charge is 0.383 e. The topological polar surface area (TPSA) is 20.2 Å². The molecule has 1 atom stereocenters. The Labute approximate surface area is 102 Å². The van der Waals surface area contributed by atoms with Crippen LogP contribution in [-0.2, 0) is 0 Å². The molecule has 1 N–H and O–H groups in total. The van der Waals surface area contributed by atoms with Crippen molar-refractivity contribution in [3.8, 4) is 0 Å². The molecule has 1 nitrogen and oxygen atoms in total. The summed E-state index contributed by atoms with van der Waals surface area (Å²) in [7, 11) is 0. The van der Waals surface area contributed by atoms with Gasteiger partial charge in [0.05, 0.1) is 0 Å². The monoisotopic (exact) mass is 256 g/mol. The second-order valence-electron chi connectivity index (χ2n) is 3.54. The molecule has 0 saturated heterocycles. The maximum absolute atomic E-state index is 13.6. The van der Waals surface area contributed by atoms with Gasteiger partial charge in [0.25, 0.3) is 0 Å². The van der Waals surface area contributed by atoms with Crippen LogP contribution in [0.15, 0.2) is 29.6 Å². The van der Waals surface area contributed by atoms with Crippen molar-refractivity contribution in [2.24, 2.45) is 0 Å². The summed E-state index contributed by atoms with van der Waals surface area (Å²) < 4.78 is 13.6. The van der Waals surface area contributed by atoms with Crippen molar-refractivity contribution in [2.75, 3.05) is 0 Å². The zero-order valence-corrected chi connectivity index (χ0v) is 10.1. The number of benzene rings is 1. The number of halogens is 2. The van der Waals surface area contributed by atoms with Crippen LogP contribution in [0.3, 0.4) is 0 Å². The van der Waals surface area contributed by atoms with E-state index in [0.717, 1.165) is 10.4 Å². The van der Waals surface area contributed by atoms with Crippen LogP contribution < -0.4 is 0 Å². The molecule has 0 saturated carbocycles. The zero-order valence-electron chi connectivity index (χ0n) is 8.58. The third kappa shape index (κ3) is 2.12. The van der Waals surface area contributed by atoms with Crippen molar-refractivity contribution in [1.29, 1.82) is 0 Å². The summed E-state index contributed by atoms with van der Waals surface area (Å²) in [6, 6.07) is 6.20. The van der Waals surface area contributed by atoms with E-state index in [4.69, 9.17) is 11.6 Å². The van der Waals surface area contributed by atoms with E-state index in [-0.39, 0.29) is 5.56 Å². The maximum atomic E-state index is 13.6. The second-order valence-corrected chi connectivity index (χ2v) is 4.92. The van der Waals surface area contributed by atoms with Gasteiger partial charge >= 0.3 is 0 Å². The van der Waals surface area contributed by atoms with Crippen LogP contribution in [-0.4, -0.2) is 5.11 Å². The van der Waals surface area contributed by atoms with Gasteiger partial charge in [-0.05, 0) is 36.1 Å². The van der Waals surface area contributed by atoms with Crippen LogP contribution in [0.5, 0.6) is 0 Å². The molecule has 2 rings (SSSR count). The lowest BCUT2D eigenvalue weighted by Gasteiger charge is -2.11. The van der Waals surface area contributed by atoms with Crippen molar-refractivity contribution in [2.45, 2.75) is 13.0 Å². The Bertz CT molecular complexity index is 509. The van der Waals surface area contributed by atoms with Gasteiger partial charge in [0.2, 0.25) is 0 Å². The first kappa shape index (κ1) is 11.6. The van der Waals surface area contributed by atoms with Crippen LogP contribution in [0.1, 0.15) is 22.1 Å². The lowest BCUT2D eigenvalue weighted by molar-refractivity contribution is 0.218. The summed E-state index contributed by atoms with van der Waals surface area (Å²) in [5, 5.41) is 12.3. The average Bonchev–Trinajstić information content (AvgIpc) is 2.63. The van der Waals surface area contributed by atoms with Crippen LogP contribution >= 0.6 is 22.9 Å². The standard InChI is InChI=1S/C12H10ClFOS/c1-7-4-5-16-12(7)11(15)9-3-2-8(13)6-10(9)14/h2-6,11,15H,1H3. The van der Waals surface area contributed by atoms with Crippen LogP contribution in [0.2, 0.25) is 5.02 Å². The SMILES string of the molecule is Cc1ccsc1C(O)c1ccc(Cl)cc1F. The molecule has 16 heavy (non-hydrogen) atoms. The van der Waals surface area contributed by atoms with Gasteiger partial charge in [-0.15, -0.1) is 11.3 Å². The number of thiophene rings is 1. The van der Waals surface area contributed by atoms with Crippen molar-refractivity contribution in [3.63, 3.8) is 0 Å². The molecule has 1 aromatic carbocycles. The number of hydrogen-bond donors (Lipinski definition) is 1. The predicted octanol–water partition coefficient (Wildman–Crippen LogP) is 3.93. The number of rotatable bonds is 2. The molecule has 1 heterocycles. The molecule has 0 fully saturated rings. The van der Waals surface area contributed by atoms with E-state index >= 15 is 0 Å². The normalized spacial score (nSPS) is 12.8. The third-order valence-electron chi connectivity index (χ3n) is 2.41. The summed E-state index contributed by atoms with van der Waals surface area (Å²) in [6.45, 7) is 1.89. The molecular weight excluding hydrogens is 247 g/mol. The fourth-order valence-corrected chi connectivity index (χ4v) is 2.62. The van der Waals surface area contributed by atoms with Crippen molar-refractivity contribution < 1.29 is 9.50 Å². The molecule has 0 aliphatic heterocycles. The quantitative estimate of drug-likeness (QED) is 0.863. The Morgan fingerprint density at radius 3 is 2.69 bits per heavy atom. The summed E-state index contributed by atoms with van der Waals surface area (Å²) >= 11 is 7.07. The third-order valence-corrected chi connectivity index (χ3v) is 3.71. The molecule has 1 unspecified atom stereocenters. The van der Waals surface area contributed by atoms with E-state index in [1.807, 2.05) is 18.4 Å². The molecule has 4 heteroatoms. The van der Waals surface area contributed by atoms with Crippen LogP contribution in [0, 0.1) is 12.7 Å². The molecule has 0 amide bonds. The summed E-state index contributed by atoms with van der Waals surface area (Å²) in [6.07, 6.45) is -0.919. The Hall–Kier alpha value is -0.900. The van der Waals surface area contributed by atoms with Gasteiger partial charge < -0.3 is 5.11 Å².